The highest BCUT2D eigenvalue weighted by atomic mass is 16.6. The van der Waals surface area contributed by atoms with E-state index in [1.54, 1.807) is 38.1 Å². The van der Waals surface area contributed by atoms with Crippen LogP contribution in [0.4, 0.5) is 0 Å². The summed E-state index contributed by atoms with van der Waals surface area (Å²) in [5.74, 6) is -5.13. The molecule has 1 saturated heterocycles. The fourth-order valence-corrected chi connectivity index (χ4v) is 3.63. The second-order valence-electron chi connectivity index (χ2n) is 8.75. The number of cyclic esters (lactones) is 2. The minimum absolute atomic E-state index is 0.146. The smallest absolute Gasteiger partial charge is 0.332 e. The molecule has 0 saturated carbocycles. The van der Waals surface area contributed by atoms with Crippen LogP contribution in [-0.4, -0.2) is 58.8 Å². The van der Waals surface area contributed by atoms with Crippen LogP contribution in [-0.2, 0) is 35.0 Å². The first-order valence-electron chi connectivity index (χ1n) is 11.4. The average Bonchev–Trinajstić information content (AvgIpc) is 2.87. The molecule has 11 heteroatoms. The Morgan fingerprint density at radius 1 is 1.17 bits per heavy atom. The van der Waals surface area contributed by atoms with E-state index in [-0.39, 0.29) is 12.2 Å². The molecule has 3 rings (SSSR count). The van der Waals surface area contributed by atoms with Crippen LogP contribution < -0.4 is 10.9 Å². The first-order chi connectivity index (χ1) is 17.1. The van der Waals surface area contributed by atoms with Crippen LogP contribution in [0.2, 0.25) is 0 Å². The third kappa shape index (κ3) is 6.49. The molecule has 192 valence electrons. The highest BCUT2D eigenvalue weighted by Gasteiger charge is 2.42. The minimum atomic E-state index is -1.46. The van der Waals surface area contributed by atoms with Gasteiger partial charge in [0.25, 0.3) is 11.5 Å². The minimum Gasteiger partial charge on any atom is -0.506 e. The number of esters is 3. The third-order valence-corrected chi connectivity index (χ3v) is 5.60. The van der Waals surface area contributed by atoms with Gasteiger partial charge in [-0.05, 0) is 25.0 Å². The fraction of sp³-hybridized carbons (Fsp3) is 0.400. The number of hydrogen-bond donors (Lipinski definition) is 3. The SMILES string of the molecule is CC(C)C(=O)OC1[C@H](C)OC(=O)C(NC(=O)c2cc(O)c[nH]c2=O)COC(=O)[C@@H]1Cc1ccccc1. The van der Waals surface area contributed by atoms with E-state index in [9.17, 15) is 29.1 Å². The summed E-state index contributed by atoms with van der Waals surface area (Å²) in [5.41, 5.74) is -0.473. The number of ether oxygens (including phenoxy) is 3. The molecule has 0 bridgehead atoms. The Kier molecular flexibility index (Phi) is 8.46. The number of H-pyrrole nitrogens is 1. The quantitative estimate of drug-likeness (QED) is 0.389. The molecule has 1 fully saturated rings. The molecule has 4 atom stereocenters. The van der Waals surface area contributed by atoms with E-state index in [1.807, 2.05) is 6.07 Å². The summed E-state index contributed by atoms with van der Waals surface area (Å²) >= 11 is 0. The number of aromatic amines is 1. The summed E-state index contributed by atoms with van der Waals surface area (Å²) in [5, 5.41) is 11.9. The van der Waals surface area contributed by atoms with E-state index < -0.39 is 71.6 Å². The fourth-order valence-electron chi connectivity index (χ4n) is 3.63. The van der Waals surface area contributed by atoms with Crippen LogP contribution in [0.3, 0.4) is 0 Å². The van der Waals surface area contributed by atoms with Gasteiger partial charge in [-0.2, -0.15) is 0 Å². The molecule has 1 aliphatic heterocycles. The van der Waals surface area contributed by atoms with Gasteiger partial charge in [-0.15, -0.1) is 0 Å². The number of pyridine rings is 1. The molecule has 1 amide bonds. The summed E-state index contributed by atoms with van der Waals surface area (Å²) in [6, 6.07) is 8.48. The molecule has 36 heavy (non-hydrogen) atoms. The van der Waals surface area contributed by atoms with Gasteiger partial charge in [-0.1, -0.05) is 44.2 Å². The Bertz CT molecular complexity index is 1180. The lowest BCUT2D eigenvalue weighted by atomic mass is 9.91. The Balaban J connectivity index is 1.88. The molecule has 1 aliphatic rings. The van der Waals surface area contributed by atoms with E-state index in [0.29, 0.717) is 0 Å². The number of amides is 1. The number of nitrogens with one attached hydrogen (secondary N) is 2. The topological polar surface area (TPSA) is 161 Å². The molecule has 1 aromatic carbocycles. The molecule has 0 aliphatic carbocycles. The summed E-state index contributed by atoms with van der Waals surface area (Å²) in [4.78, 5) is 65.2. The van der Waals surface area contributed by atoms with Crippen molar-refractivity contribution < 1.29 is 38.5 Å². The molecule has 0 spiro atoms. The largest absolute Gasteiger partial charge is 0.506 e. The lowest BCUT2D eigenvalue weighted by molar-refractivity contribution is -0.176. The second kappa shape index (κ2) is 11.5. The standard InChI is InChI=1S/C25H28N2O9/c1-13(2)23(31)36-20-14(3)35-25(33)19(27-22(30)18-10-16(28)11-26-21(18)29)12-34-24(32)17(20)9-15-7-5-4-6-8-15/h4-8,10-11,13-14,17,19-20,28H,9,12H2,1-3H3,(H,26,29)(H,27,30)/t14-,17+,19?,20?/m0/s1. The van der Waals surface area contributed by atoms with Crippen LogP contribution in [0.5, 0.6) is 5.75 Å². The van der Waals surface area contributed by atoms with E-state index in [0.717, 1.165) is 17.8 Å². The Hall–Kier alpha value is -4.15. The lowest BCUT2D eigenvalue weighted by Gasteiger charge is -2.29. The van der Waals surface area contributed by atoms with Crippen molar-refractivity contribution >= 4 is 23.8 Å². The molecule has 11 nitrogen and oxygen atoms in total. The van der Waals surface area contributed by atoms with Crippen molar-refractivity contribution in [3.8, 4) is 5.75 Å². The number of carbonyl (C=O) groups excluding carboxylic acids is 4. The van der Waals surface area contributed by atoms with Crippen LogP contribution in [0.1, 0.15) is 36.7 Å². The number of aromatic hydroxyl groups is 1. The zero-order valence-corrected chi connectivity index (χ0v) is 20.1. The van der Waals surface area contributed by atoms with Gasteiger partial charge in [0, 0.05) is 6.20 Å². The van der Waals surface area contributed by atoms with Crippen molar-refractivity contribution in [1.82, 2.24) is 10.3 Å². The number of aromatic nitrogens is 1. The Morgan fingerprint density at radius 3 is 2.53 bits per heavy atom. The average molecular weight is 501 g/mol. The molecule has 0 radical (unpaired) electrons. The van der Waals surface area contributed by atoms with Gasteiger partial charge in [0.1, 0.15) is 29.9 Å². The van der Waals surface area contributed by atoms with Crippen molar-refractivity contribution in [2.45, 2.75) is 45.4 Å². The van der Waals surface area contributed by atoms with Gasteiger partial charge in [-0.3, -0.25) is 19.2 Å². The highest BCUT2D eigenvalue weighted by molar-refractivity contribution is 5.97. The van der Waals surface area contributed by atoms with Gasteiger partial charge in [0.2, 0.25) is 0 Å². The number of carbonyl (C=O) groups is 4. The first kappa shape index (κ1) is 26.5. The van der Waals surface area contributed by atoms with E-state index in [1.165, 1.54) is 6.92 Å². The van der Waals surface area contributed by atoms with Crippen molar-refractivity contribution in [3.63, 3.8) is 0 Å². The summed E-state index contributed by atoms with van der Waals surface area (Å²) in [6.45, 7) is 4.16. The van der Waals surface area contributed by atoms with Crippen molar-refractivity contribution in [1.29, 1.82) is 0 Å². The molecule has 2 aromatic rings. The Labute approximate surface area is 206 Å². The molecule has 1 aromatic heterocycles. The first-order valence-corrected chi connectivity index (χ1v) is 11.4. The maximum atomic E-state index is 13.2. The number of hydrogen-bond acceptors (Lipinski definition) is 9. The van der Waals surface area contributed by atoms with Gasteiger partial charge in [-0.25, -0.2) is 4.79 Å². The van der Waals surface area contributed by atoms with Crippen LogP contribution in [0.15, 0.2) is 47.4 Å². The molecule has 2 unspecified atom stereocenters. The molecule has 2 heterocycles. The maximum Gasteiger partial charge on any atom is 0.332 e. The normalized spacial score (nSPS) is 22.4. The van der Waals surface area contributed by atoms with E-state index >= 15 is 0 Å². The van der Waals surface area contributed by atoms with Crippen molar-refractivity contribution in [3.05, 3.63) is 64.1 Å². The van der Waals surface area contributed by atoms with Crippen LogP contribution in [0, 0.1) is 11.8 Å². The van der Waals surface area contributed by atoms with Crippen LogP contribution >= 0.6 is 0 Å². The third-order valence-electron chi connectivity index (χ3n) is 5.60. The van der Waals surface area contributed by atoms with Crippen molar-refractivity contribution in [2.24, 2.45) is 11.8 Å². The van der Waals surface area contributed by atoms with Crippen molar-refractivity contribution in [2.75, 3.05) is 6.61 Å². The summed E-state index contributed by atoms with van der Waals surface area (Å²) < 4.78 is 16.4. The van der Waals surface area contributed by atoms with Gasteiger partial charge < -0.3 is 29.6 Å². The zero-order chi connectivity index (χ0) is 26.4. The van der Waals surface area contributed by atoms with E-state index in [2.05, 4.69) is 10.3 Å². The van der Waals surface area contributed by atoms with Gasteiger partial charge >= 0.3 is 17.9 Å². The van der Waals surface area contributed by atoms with Gasteiger partial charge in [0.05, 0.1) is 5.92 Å². The lowest BCUT2D eigenvalue weighted by Crippen LogP contribution is -2.47. The van der Waals surface area contributed by atoms with E-state index in [4.69, 9.17) is 14.2 Å². The number of benzene rings is 1. The van der Waals surface area contributed by atoms with Crippen LogP contribution in [0.25, 0.3) is 0 Å². The second-order valence-corrected chi connectivity index (χ2v) is 8.75. The predicted octanol–water partition coefficient (Wildman–Crippen LogP) is 1.09. The summed E-state index contributed by atoms with van der Waals surface area (Å²) in [6.07, 6.45) is -1.07. The highest BCUT2D eigenvalue weighted by Crippen LogP contribution is 2.24. The zero-order valence-electron chi connectivity index (χ0n) is 20.1. The molecule has 3 N–H and O–H groups in total. The van der Waals surface area contributed by atoms with Gasteiger partial charge in [0.15, 0.2) is 12.1 Å². The molecular formula is C25H28N2O9. The summed E-state index contributed by atoms with van der Waals surface area (Å²) in [7, 11) is 0. The maximum absolute atomic E-state index is 13.2. The monoisotopic (exact) mass is 500 g/mol. The molecular weight excluding hydrogens is 472 g/mol. The predicted molar refractivity (Wildman–Crippen MR) is 125 cm³/mol. The number of rotatable bonds is 6. The Morgan fingerprint density at radius 2 is 1.86 bits per heavy atom.